The first-order chi connectivity index (χ1) is 8.81. The van der Waals surface area contributed by atoms with E-state index in [0.29, 0.717) is 11.6 Å². The fraction of sp³-hybridized carbons (Fsp3) is 0. The maximum Gasteiger partial charge on any atom is 0.135 e. The molecule has 88 valence electrons. The summed E-state index contributed by atoms with van der Waals surface area (Å²) in [6.45, 7) is 0. The Kier molecular flexibility index (Phi) is 2.49. The lowest BCUT2D eigenvalue weighted by atomic mass is 10.2. The molecule has 5 heteroatoms. The molecular weight excluding hydrogens is 226 g/mol. The molecule has 5 nitrogen and oxygen atoms in total. The number of hydrogen-bond acceptors (Lipinski definition) is 5. The van der Waals surface area contributed by atoms with Crippen LogP contribution in [0.4, 0.5) is 17.3 Å². The number of nitrogens with one attached hydrogen (secondary N) is 1. The summed E-state index contributed by atoms with van der Waals surface area (Å²) in [4.78, 5) is 12.2. The predicted molar refractivity (Wildman–Crippen MR) is 71.5 cm³/mol. The van der Waals surface area contributed by atoms with Gasteiger partial charge in [-0.1, -0.05) is 6.07 Å². The van der Waals surface area contributed by atoms with Crippen LogP contribution in [0.15, 0.2) is 48.9 Å². The highest BCUT2D eigenvalue weighted by molar-refractivity contribution is 5.83. The second-order valence-corrected chi connectivity index (χ2v) is 3.86. The monoisotopic (exact) mass is 237 g/mol. The zero-order valence-corrected chi connectivity index (χ0v) is 9.54. The summed E-state index contributed by atoms with van der Waals surface area (Å²) < 4.78 is 0. The summed E-state index contributed by atoms with van der Waals surface area (Å²) in [7, 11) is 0. The van der Waals surface area contributed by atoms with Gasteiger partial charge in [-0.15, -0.1) is 0 Å². The molecule has 3 aromatic rings. The van der Waals surface area contributed by atoms with Crippen molar-refractivity contribution in [2.45, 2.75) is 0 Å². The number of nitrogen functional groups attached to an aromatic ring is 1. The van der Waals surface area contributed by atoms with Gasteiger partial charge in [0.15, 0.2) is 0 Å². The quantitative estimate of drug-likeness (QED) is 0.715. The molecule has 18 heavy (non-hydrogen) atoms. The molecule has 1 aromatic carbocycles. The van der Waals surface area contributed by atoms with Gasteiger partial charge in [-0.2, -0.15) is 0 Å². The number of hydrogen-bond donors (Lipinski definition) is 2. The lowest BCUT2D eigenvalue weighted by Crippen LogP contribution is -1.97. The van der Waals surface area contributed by atoms with Crippen LogP contribution in [0, 0.1) is 0 Å². The predicted octanol–water partition coefficient (Wildman–Crippen LogP) is 2.35. The van der Waals surface area contributed by atoms with E-state index in [1.54, 1.807) is 12.3 Å². The molecule has 2 heterocycles. The molecule has 0 aliphatic rings. The summed E-state index contributed by atoms with van der Waals surface area (Å²) in [5.41, 5.74) is 7.50. The van der Waals surface area contributed by atoms with Crippen molar-refractivity contribution in [1.82, 2.24) is 15.0 Å². The van der Waals surface area contributed by atoms with Crippen molar-refractivity contribution >= 4 is 28.2 Å². The lowest BCUT2D eigenvalue weighted by Gasteiger charge is -2.06. The average molecular weight is 237 g/mol. The molecule has 0 fully saturated rings. The van der Waals surface area contributed by atoms with E-state index >= 15 is 0 Å². The molecule has 0 amide bonds. The Hall–Kier alpha value is -2.69. The van der Waals surface area contributed by atoms with Gasteiger partial charge in [-0.3, -0.25) is 4.98 Å². The van der Waals surface area contributed by atoms with Gasteiger partial charge in [-0.25, -0.2) is 9.97 Å². The summed E-state index contributed by atoms with van der Waals surface area (Å²) >= 11 is 0. The van der Waals surface area contributed by atoms with Crippen LogP contribution in [0.2, 0.25) is 0 Å². The first-order valence-corrected chi connectivity index (χ1v) is 5.50. The Morgan fingerprint density at radius 1 is 1.00 bits per heavy atom. The number of nitrogens with zero attached hydrogens (tertiary/aromatic N) is 3. The fourth-order valence-electron chi connectivity index (χ4n) is 1.74. The molecule has 3 N–H and O–H groups in total. The van der Waals surface area contributed by atoms with E-state index in [1.807, 2.05) is 30.3 Å². The SMILES string of the molecule is Nc1cc(Nc2ccc3ncccc3c2)ncn1. The van der Waals surface area contributed by atoms with Crippen molar-refractivity contribution in [3.05, 3.63) is 48.9 Å². The van der Waals surface area contributed by atoms with E-state index < -0.39 is 0 Å². The van der Waals surface area contributed by atoms with Crippen LogP contribution >= 0.6 is 0 Å². The van der Waals surface area contributed by atoms with Gasteiger partial charge in [0.25, 0.3) is 0 Å². The molecule has 0 aliphatic carbocycles. The maximum atomic E-state index is 5.60. The first kappa shape index (κ1) is 10.5. The number of fused-ring (bicyclic) bond motifs is 1. The van der Waals surface area contributed by atoms with Crippen LogP contribution in [0.25, 0.3) is 10.9 Å². The van der Waals surface area contributed by atoms with Crippen molar-refractivity contribution in [3.8, 4) is 0 Å². The van der Waals surface area contributed by atoms with Crippen LogP contribution in [-0.4, -0.2) is 15.0 Å². The van der Waals surface area contributed by atoms with Gasteiger partial charge in [0.1, 0.15) is 18.0 Å². The molecule has 0 aliphatic heterocycles. The van der Waals surface area contributed by atoms with Gasteiger partial charge in [0, 0.05) is 23.3 Å². The van der Waals surface area contributed by atoms with E-state index in [9.17, 15) is 0 Å². The highest BCUT2D eigenvalue weighted by Crippen LogP contribution is 2.20. The Morgan fingerprint density at radius 3 is 2.83 bits per heavy atom. The number of anilines is 3. The number of benzene rings is 1. The highest BCUT2D eigenvalue weighted by atomic mass is 15.0. The van der Waals surface area contributed by atoms with Gasteiger partial charge in [-0.05, 0) is 24.3 Å². The lowest BCUT2D eigenvalue weighted by molar-refractivity contribution is 1.18. The van der Waals surface area contributed by atoms with Gasteiger partial charge < -0.3 is 11.1 Å². The summed E-state index contributed by atoms with van der Waals surface area (Å²) in [5.74, 6) is 1.11. The molecule has 0 unspecified atom stereocenters. The summed E-state index contributed by atoms with van der Waals surface area (Å²) in [6.07, 6.45) is 3.21. The minimum absolute atomic E-state index is 0.440. The zero-order chi connectivity index (χ0) is 12.4. The van der Waals surface area contributed by atoms with Gasteiger partial charge in [0.05, 0.1) is 5.52 Å². The van der Waals surface area contributed by atoms with E-state index in [0.717, 1.165) is 16.6 Å². The van der Waals surface area contributed by atoms with E-state index in [-0.39, 0.29) is 0 Å². The van der Waals surface area contributed by atoms with Crippen molar-refractivity contribution in [2.75, 3.05) is 11.1 Å². The van der Waals surface area contributed by atoms with E-state index in [4.69, 9.17) is 5.73 Å². The molecule has 0 radical (unpaired) electrons. The molecule has 0 atom stereocenters. The van der Waals surface area contributed by atoms with E-state index in [2.05, 4.69) is 20.3 Å². The minimum Gasteiger partial charge on any atom is -0.384 e. The van der Waals surface area contributed by atoms with E-state index in [1.165, 1.54) is 6.33 Å². The third kappa shape index (κ3) is 2.06. The largest absolute Gasteiger partial charge is 0.384 e. The number of aromatic nitrogens is 3. The second-order valence-electron chi connectivity index (χ2n) is 3.86. The fourth-order valence-corrected chi connectivity index (χ4v) is 1.74. The molecule has 2 aromatic heterocycles. The van der Waals surface area contributed by atoms with Crippen molar-refractivity contribution < 1.29 is 0 Å². The number of rotatable bonds is 2. The van der Waals surface area contributed by atoms with Crippen LogP contribution < -0.4 is 11.1 Å². The third-order valence-electron chi connectivity index (χ3n) is 2.56. The van der Waals surface area contributed by atoms with Crippen LogP contribution in [-0.2, 0) is 0 Å². The molecule has 0 spiro atoms. The Labute approximate surface area is 104 Å². The van der Waals surface area contributed by atoms with Crippen LogP contribution in [0.3, 0.4) is 0 Å². The molecule has 0 saturated heterocycles. The van der Waals surface area contributed by atoms with Crippen molar-refractivity contribution in [3.63, 3.8) is 0 Å². The van der Waals surface area contributed by atoms with Crippen LogP contribution in [0.5, 0.6) is 0 Å². The number of pyridine rings is 1. The molecule has 0 saturated carbocycles. The molecule has 3 rings (SSSR count). The second kappa shape index (κ2) is 4.29. The zero-order valence-electron chi connectivity index (χ0n) is 9.54. The Morgan fingerprint density at radius 2 is 1.94 bits per heavy atom. The summed E-state index contributed by atoms with van der Waals surface area (Å²) in [6, 6.07) is 11.5. The Balaban J connectivity index is 1.95. The van der Waals surface area contributed by atoms with Crippen LogP contribution in [0.1, 0.15) is 0 Å². The standard InChI is InChI=1S/C13H11N5/c14-12-7-13(17-8-16-12)18-10-3-4-11-9(6-10)2-1-5-15-11/h1-8H,(H3,14,16,17,18). The molecule has 0 bridgehead atoms. The Bertz CT molecular complexity index is 696. The average Bonchev–Trinajstić information content (AvgIpc) is 2.39. The van der Waals surface area contributed by atoms with Gasteiger partial charge >= 0.3 is 0 Å². The minimum atomic E-state index is 0.440. The first-order valence-electron chi connectivity index (χ1n) is 5.50. The van der Waals surface area contributed by atoms with Gasteiger partial charge in [0.2, 0.25) is 0 Å². The third-order valence-corrected chi connectivity index (χ3v) is 2.56. The highest BCUT2D eigenvalue weighted by Gasteiger charge is 1.99. The molecular formula is C13H11N5. The maximum absolute atomic E-state index is 5.60. The topological polar surface area (TPSA) is 76.7 Å². The normalized spacial score (nSPS) is 10.4. The summed E-state index contributed by atoms with van der Waals surface area (Å²) in [5, 5.41) is 4.25. The van der Waals surface area contributed by atoms with Crippen molar-refractivity contribution in [2.24, 2.45) is 0 Å². The number of nitrogens with two attached hydrogens (primary N) is 1. The smallest absolute Gasteiger partial charge is 0.135 e. The van der Waals surface area contributed by atoms with Crippen molar-refractivity contribution in [1.29, 1.82) is 0 Å².